The number of aromatic nitrogens is 2. The van der Waals surface area contributed by atoms with Crippen LogP contribution in [0.5, 0.6) is 0 Å². The second-order valence-electron chi connectivity index (χ2n) is 5.86. The van der Waals surface area contributed by atoms with E-state index in [9.17, 15) is 10.1 Å². The Morgan fingerprint density at radius 1 is 0.704 bits per heavy atom. The van der Waals surface area contributed by atoms with Crippen LogP contribution in [-0.4, -0.2) is 14.9 Å². The third-order valence-electron chi connectivity index (χ3n) is 4.09. The highest BCUT2D eigenvalue weighted by Crippen LogP contribution is 2.33. The van der Waals surface area contributed by atoms with Gasteiger partial charge in [-0.2, -0.15) is 0 Å². The molecule has 0 fully saturated rings. The lowest BCUT2D eigenvalue weighted by Gasteiger charge is -2.11. The van der Waals surface area contributed by atoms with Crippen LogP contribution >= 0.6 is 23.2 Å². The maximum absolute atomic E-state index is 11.1. The minimum Gasteiger partial charge on any atom is -0.258 e. The van der Waals surface area contributed by atoms with E-state index in [4.69, 9.17) is 28.2 Å². The van der Waals surface area contributed by atoms with Crippen LogP contribution in [0.4, 0.5) is 5.69 Å². The molecule has 4 aromatic rings. The predicted octanol–water partition coefficient (Wildman–Crippen LogP) is 6.18. The molecule has 0 aliphatic rings. The van der Waals surface area contributed by atoms with E-state index in [1.54, 1.807) is 30.3 Å². The molecule has 4 rings (SSSR count). The number of nitro benzene ring substituents is 1. The fourth-order valence-corrected chi connectivity index (χ4v) is 3.03. The van der Waals surface area contributed by atoms with Crippen LogP contribution in [-0.2, 0) is 0 Å². The average molecular weight is 396 g/mol. The van der Waals surface area contributed by atoms with E-state index < -0.39 is 4.92 Å². The van der Waals surface area contributed by atoms with Crippen LogP contribution in [0.3, 0.4) is 0 Å². The number of rotatable bonds is 3. The normalized spacial score (nSPS) is 10.9. The van der Waals surface area contributed by atoms with E-state index in [2.05, 4.69) is 4.98 Å². The van der Waals surface area contributed by atoms with Crippen molar-refractivity contribution in [2.75, 3.05) is 0 Å². The number of non-ortho nitro benzene ring substituents is 1. The highest BCUT2D eigenvalue weighted by Gasteiger charge is 2.15. The van der Waals surface area contributed by atoms with Crippen LogP contribution in [0, 0.1) is 10.1 Å². The van der Waals surface area contributed by atoms with Crippen molar-refractivity contribution in [2.45, 2.75) is 0 Å². The van der Waals surface area contributed by atoms with Gasteiger partial charge in [-0.15, -0.1) is 0 Å². The van der Waals surface area contributed by atoms with Crippen LogP contribution in [0.1, 0.15) is 0 Å². The molecule has 0 amide bonds. The smallest absolute Gasteiger partial charge is 0.258 e. The van der Waals surface area contributed by atoms with E-state index in [1.165, 1.54) is 12.1 Å². The van der Waals surface area contributed by atoms with Gasteiger partial charge in [0, 0.05) is 33.3 Å². The Labute approximate surface area is 164 Å². The first kappa shape index (κ1) is 17.4. The Hall–Kier alpha value is -3.02. The lowest BCUT2D eigenvalue weighted by atomic mass is 10.0. The summed E-state index contributed by atoms with van der Waals surface area (Å²) in [5.41, 5.74) is 3.92. The van der Waals surface area contributed by atoms with Crippen molar-refractivity contribution in [3.8, 4) is 22.5 Å². The molecule has 0 bridgehead atoms. The van der Waals surface area contributed by atoms with E-state index in [-0.39, 0.29) is 5.69 Å². The number of hydrogen-bond donors (Lipinski definition) is 0. The minimum absolute atomic E-state index is 0.0295. The maximum atomic E-state index is 11.1. The van der Waals surface area contributed by atoms with Crippen LogP contribution in [0.15, 0.2) is 66.7 Å². The topological polar surface area (TPSA) is 68.9 Å². The Morgan fingerprint density at radius 2 is 1.19 bits per heavy atom. The van der Waals surface area contributed by atoms with E-state index in [0.29, 0.717) is 32.5 Å². The highest BCUT2D eigenvalue weighted by atomic mass is 35.5. The lowest BCUT2D eigenvalue weighted by molar-refractivity contribution is -0.384. The first-order valence-electron chi connectivity index (χ1n) is 7.99. The summed E-state index contributed by atoms with van der Waals surface area (Å²) in [5, 5.41) is 12.3. The molecule has 0 aliphatic heterocycles. The molecule has 0 spiro atoms. The first-order chi connectivity index (χ1) is 13.0. The molecule has 1 aromatic heterocycles. The average Bonchev–Trinajstić information content (AvgIpc) is 2.68. The molecule has 0 radical (unpaired) electrons. The second-order valence-corrected chi connectivity index (χ2v) is 6.74. The van der Waals surface area contributed by atoms with Gasteiger partial charge in [0.25, 0.3) is 5.69 Å². The van der Waals surface area contributed by atoms with Crippen LogP contribution in [0.25, 0.3) is 33.5 Å². The third kappa shape index (κ3) is 3.47. The largest absolute Gasteiger partial charge is 0.271 e. The SMILES string of the molecule is O=[N+]([O-])c1ccc2nc(-c3ccc(Cl)cc3)c(-c3ccc(Cl)cc3)nc2c1. The van der Waals surface area contributed by atoms with Gasteiger partial charge in [-0.1, -0.05) is 47.5 Å². The zero-order chi connectivity index (χ0) is 19.0. The lowest BCUT2D eigenvalue weighted by Crippen LogP contribution is -1.96. The van der Waals surface area contributed by atoms with Gasteiger partial charge in [-0.05, 0) is 30.3 Å². The fourth-order valence-electron chi connectivity index (χ4n) is 2.77. The van der Waals surface area contributed by atoms with Crippen molar-refractivity contribution in [1.82, 2.24) is 9.97 Å². The standard InChI is InChI=1S/C20H11Cl2N3O2/c21-14-5-1-12(2-6-14)19-20(13-3-7-15(22)8-4-13)24-18-11-16(25(26)27)9-10-17(18)23-19/h1-11H. The quantitative estimate of drug-likeness (QED) is 0.306. The van der Waals surface area contributed by atoms with E-state index >= 15 is 0 Å². The van der Waals surface area contributed by atoms with Gasteiger partial charge >= 0.3 is 0 Å². The van der Waals surface area contributed by atoms with Crippen molar-refractivity contribution in [1.29, 1.82) is 0 Å². The molecule has 0 unspecified atom stereocenters. The van der Waals surface area contributed by atoms with Gasteiger partial charge in [0.15, 0.2) is 0 Å². The zero-order valence-corrected chi connectivity index (χ0v) is 15.3. The van der Waals surface area contributed by atoms with Gasteiger partial charge in [0.1, 0.15) is 0 Å². The first-order valence-corrected chi connectivity index (χ1v) is 8.75. The van der Waals surface area contributed by atoms with E-state index in [0.717, 1.165) is 11.1 Å². The number of halogens is 2. The fraction of sp³-hybridized carbons (Fsp3) is 0. The number of nitro groups is 1. The van der Waals surface area contributed by atoms with Crippen molar-refractivity contribution < 1.29 is 4.92 Å². The Kier molecular flexibility index (Phi) is 4.48. The Bertz CT molecular complexity index is 1160. The Morgan fingerprint density at radius 3 is 1.67 bits per heavy atom. The molecule has 3 aromatic carbocycles. The molecule has 0 N–H and O–H groups in total. The molecule has 27 heavy (non-hydrogen) atoms. The number of fused-ring (bicyclic) bond motifs is 1. The molecular weight excluding hydrogens is 385 g/mol. The summed E-state index contributed by atoms with van der Waals surface area (Å²) in [7, 11) is 0. The summed E-state index contributed by atoms with van der Waals surface area (Å²) in [5.74, 6) is 0. The molecule has 5 nitrogen and oxygen atoms in total. The van der Waals surface area contributed by atoms with Crippen molar-refractivity contribution in [3.05, 3.63) is 86.9 Å². The highest BCUT2D eigenvalue weighted by molar-refractivity contribution is 6.31. The van der Waals surface area contributed by atoms with Gasteiger partial charge in [0.2, 0.25) is 0 Å². The van der Waals surface area contributed by atoms with Crippen molar-refractivity contribution >= 4 is 39.9 Å². The predicted molar refractivity (Wildman–Crippen MR) is 107 cm³/mol. The van der Waals surface area contributed by atoms with Gasteiger partial charge in [0.05, 0.1) is 27.3 Å². The number of hydrogen-bond acceptors (Lipinski definition) is 4. The minimum atomic E-state index is -0.448. The zero-order valence-electron chi connectivity index (χ0n) is 13.8. The monoisotopic (exact) mass is 395 g/mol. The summed E-state index contributed by atoms with van der Waals surface area (Å²) in [4.78, 5) is 20.0. The molecule has 132 valence electrons. The van der Waals surface area contributed by atoms with Gasteiger partial charge in [-0.25, -0.2) is 9.97 Å². The number of benzene rings is 3. The molecule has 1 heterocycles. The molecular formula is C20H11Cl2N3O2. The van der Waals surface area contributed by atoms with Crippen LogP contribution in [0.2, 0.25) is 10.0 Å². The summed E-state index contributed by atoms with van der Waals surface area (Å²) in [6.45, 7) is 0. The molecule has 0 aliphatic carbocycles. The molecule has 0 saturated carbocycles. The van der Waals surface area contributed by atoms with E-state index in [1.807, 2.05) is 24.3 Å². The second kappa shape index (κ2) is 6.95. The molecule has 0 atom stereocenters. The summed E-state index contributed by atoms with van der Waals surface area (Å²) in [6, 6.07) is 19.0. The van der Waals surface area contributed by atoms with Crippen molar-refractivity contribution in [3.63, 3.8) is 0 Å². The summed E-state index contributed by atoms with van der Waals surface area (Å²) in [6.07, 6.45) is 0. The Balaban J connectivity index is 2.00. The van der Waals surface area contributed by atoms with Crippen molar-refractivity contribution in [2.24, 2.45) is 0 Å². The summed E-state index contributed by atoms with van der Waals surface area (Å²) >= 11 is 12.0. The molecule has 7 heteroatoms. The summed E-state index contributed by atoms with van der Waals surface area (Å²) < 4.78 is 0. The van der Waals surface area contributed by atoms with Gasteiger partial charge in [-0.3, -0.25) is 10.1 Å². The van der Waals surface area contributed by atoms with Gasteiger partial charge < -0.3 is 0 Å². The maximum Gasteiger partial charge on any atom is 0.271 e. The third-order valence-corrected chi connectivity index (χ3v) is 4.60. The van der Waals surface area contributed by atoms with Crippen LogP contribution < -0.4 is 0 Å². The molecule has 0 saturated heterocycles. The number of nitrogens with zero attached hydrogens (tertiary/aromatic N) is 3.